The van der Waals surface area contributed by atoms with Crippen LogP contribution in [0.5, 0.6) is 11.5 Å². The number of para-hydroxylation sites is 1. The highest BCUT2D eigenvalue weighted by atomic mass is 79.9. The van der Waals surface area contributed by atoms with Crippen LogP contribution < -0.4 is 14.4 Å². The summed E-state index contributed by atoms with van der Waals surface area (Å²) in [5.41, 5.74) is 1.27. The smallest absolute Gasteiger partial charge is 0.264 e. The Bertz CT molecular complexity index is 772. The predicted octanol–water partition coefficient (Wildman–Crippen LogP) is 4.15. The fourth-order valence-electron chi connectivity index (χ4n) is 2.36. The SMILES string of the molecule is CCOc1cc(C#N)cc(Br)c1OCC(=O)N(CC)c1ccccc1. The van der Waals surface area contributed by atoms with E-state index in [0.717, 1.165) is 5.69 Å². The van der Waals surface area contributed by atoms with Crippen LogP contribution in [0.15, 0.2) is 46.9 Å². The lowest BCUT2D eigenvalue weighted by molar-refractivity contribution is -0.120. The lowest BCUT2D eigenvalue weighted by Gasteiger charge is -2.22. The molecule has 2 aromatic carbocycles. The Labute approximate surface area is 155 Å². The Morgan fingerprint density at radius 3 is 2.52 bits per heavy atom. The second-order valence-electron chi connectivity index (χ2n) is 5.09. The van der Waals surface area contributed by atoms with Gasteiger partial charge in [0.2, 0.25) is 0 Å². The highest BCUT2D eigenvalue weighted by Crippen LogP contribution is 2.36. The Balaban J connectivity index is 2.17. The average molecular weight is 403 g/mol. The van der Waals surface area contributed by atoms with Gasteiger partial charge < -0.3 is 14.4 Å². The molecule has 130 valence electrons. The number of anilines is 1. The molecular weight excluding hydrogens is 384 g/mol. The van der Waals surface area contributed by atoms with Gasteiger partial charge in [-0.25, -0.2) is 0 Å². The van der Waals surface area contributed by atoms with Crippen molar-refractivity contribution in [3.05, 3.63) is 52.5 Å². The van der Waals surface area contributed by atoms with E-state index in [1.165, 1.54) is 0 Å². The van der Waals surface area contributed by atoms with Crippen LogP contribution in [0.25, 0.3) is 0 Å². The zero-order valence-electron chi connectivity index (χ0n) is 14.2. The number of hydrogen-bond acceptors (Lipinski definition) is 4. The van der Waals surface area contributed by atoms with Gasteiger partial charge in [-0.2, -0.15) is 5.26 Å². The standard InChI is InChI=1S/C19H19BrN2O3/c1-3-22(15-8-6-5-7-9-15)18(23)13-25-19-16(20)10-14(12-21)11-17(19)24-4-2/h5-11H,3-4,13H2,1-2H3. The van der Waals surface area contributed by atoms with Crippen molar-refractivity contribution in [3.63, 3.8) is 0 Å². The summed E-state index contributed by atoms with van der Waals surface area (Å²) in [5.74, 6) is 0.690. The molecule has 1 amide bonds. The lowest BCUT2D eigenvalue weighted by atomic mass is 10.2. The van der Waals surface area contributed by atoms with E-state index in [2.05, 4.69) is 22.0 Å². The van der Waals surface area contributed by atoms with Crippen LogP contribution >= 0.6 is 15.9 Å². The Morgan fingerprint density at radius 2 is 1.92 bits per heavy atom. The Kier molecular flexibility index (Phi) is 6.84. The van der Waals surface area contributed by atoms with E-state index in [-0.39, 0.29) is 12.5 Å². The number of nitrogens with zero attached hydrogens (tertiary/aromatic N) is 2. The normalized spacial score (nSPS) is 10.0. The van der Waals surface area contributed by atoms with Gasteiger partial charge in [-0.05, 0) is 48.0 Å². The van der Waals surface area contributed by atoms with Crippen LogP contribution in [0.1, 0.15) is 19.4 Å². The van der Waals surface area contributed by atoms with Gasteiger partial charge in [0.25, 0.3) is 5.91 Å². The number of rotatable bonds is 7. The van der Waals surface area contributed by atoms with Crippen molar-refractivity contribution in [1.82, 2.24) is 0 Å². The highest BCUT2D eigenvalue weighted by Gasteiger charge is 2.18. The second-order valence-corrected chi connectivity index (χ2v) is 5.95. The molecule has 0 spiro atoms. The van der Waals surface area contributed by atoms with Crippen molar-refractivity contribution < 1.29 is 14.3 Å². The third-order valence-corrected chi connectivity index (χ3v) is 4.05. The molecule has 0 bridgehead atoms. The van der Waals surface area contributed by atoms with Crippen LogP contribution in [0, 0.1) is 11.3 Å². The summed E-state index contributed by atoms with van der Waals surface area (Å²) in [5, 5.41) is 9.07. The molecule has 0 heterocycles. The van der Waals surface area contributed by atoms with Crippen LogP contribution in [0.2, 0.25) is 0 Å². The largest absolute Gasteiger partial charge is 0.490 e. The number of carbonyl (C=O) groups is 1. The van der Waals surface area contributed by atoms with E-state index in [4.69, 9.17) is 14.7 Å². The van der Waals surface area contributed by atoms with E-state index in [9.17, 15) is 4.79 Å². The van der Waals surface area contributed by atoms with Gasteiger partial charge in [0, 0.05) is 18.3 Å². The molecule has 0 atom stereocenters. The summed E-state index contributed by atoms with van der Waals surface area (Å²) < 4.78 is 11.8. The first-order valence-electron chi connectivity index (χ1n) is 7.95. The molecule has 0 aliphatic rings. The first kappa shape index (κ1) is 18.8. The first-order chi connectivity index (χ1) is 12.1. The van der Waals surface area contributed by atoms with E-state index in [1.54, 1.807) is 17.0 Å². The third-order valence-electron chi connectivity index (χ3n) is 3.46. The maximum absolute atomic E-state index is 12.5. The Morgan fingerprint density at radius 1 is 1.20 bits per heavy atom. The Hall–Kier alpha value is -2.52. The van der Waals surface area contributed by atoms with Gasteiger partial charge in [0.15, 0.2) is 18.1 Å². The van der Waals surface area contributed by atoms with Crippen molar-refractivity contribution >= 4 is 27.5 Å². The minimum Gasteiger partial charge on any atom is -0.490 e. The minimum absolute atomic E-state index is 0.132. The summed E-state index contributed by atoms with van der Waals surface area (Å²) in [7, 11) is 0. The molecule has 0 aromatic heterocycles. The fourth-order valence-corrected chi connectivity index (χ4v) is 2.91. The average Bonchev–Trinajstić information content (AvgIpc) is 2.62. The van der Waals surface area contributed by atoms with Crippen molar-refractivity contribution in [2.75, 3.05) is 24.7 Å². The summed E-state index contributed by atoms with van der Waals surface area (Å²) in [6.07, 6.45) is 0. The number of nitriles is 1. The maximum atomic E-state index is 12.5. The highest BCUT2D eigenvalue weighted by molar-refractivity contribution is 9.10. The number of carbonyl (C=O) groups excluding carboxylic acids is 1. The first-order valence-corrected chi connectivity index (χ1v) is 8.74. The molecule has 25 heavy (non-hydrogen) atoms. The number of amides is 1. The number of benzene rings is 2. The minimum atomic E-state index is -0.160. The molecule has 0 fully saturated rings. The van der Waals surface area contributed by atoms with Crippen LogP contribution in [0.3, 0.4) is 0 Å². The molecule has 0 aliphatic carbocycles. The van der Waals surface area contributed by atoms with Gasteiger partial charge in [-0.3, -0.25) is 4.79 Å². The molecule has 6 heteroatoms. The number of likely N-dealkylation sites (N-methyl/N-ethyl adjacent to an activating group) is 1. The fraction of sp³-hybridized carbons (Fsp3) is 0.263. The van der Waals surface area contributed by atoms with Crippen LogP contribution in [-0.2, 0) is 4.79 Å². The van der Waals surface area contributed by atoms with Gasteiger partial charge in [0.1, 0.15) is 0 Å². The van der Waals surface area contributed by atoms with Crippen molar-refractivity contribution in [3.8, 4) is 17.6 Å². The van der Waals surface area contributed by atoms with E-state index < -0.39 is 0 Å². The van der Waals surface area contributed by atoms with E-state index >= 15 is 0 Å². The topological polar surface area (TPSA) is 62.6 Å². The summed E-state index contributed by atoms with van der Waals surface area (Å²) in [6, 6.07) is 14.7. The van der Waals surface area contributed by atoms with E-state index in [1.807, 2.05) is 44.2 Å². The third kappa shape index (κ3) is 4.74. The molecule has 0 saturated carbocycles. The molecule has 0 saturated heterocycles. The van der Waals surface area contributed by atoms with Crippen LogP contribution in [0.4, 0.5) is 5.69 Å². The van der Waals surface area contributed by atoms with E-state index in [0.29, 0.717) is 34.7 Å². The zero-order valence-corrected chi connectivity index (χ0v) is 15.7. The molecule has 0 aliphatic heterocycles. The van der Waals surface area contributed by atoms with Gasteiger partial charge in [-0.1, -0.05) is 18.2 Å². The number of ether oxygens (including phenoxy) is 2. The molecule has 0 N–H and O–H groups in total. The van der Waals surface area contributed by atoms with Crippen LogP contribution in [-0.4, -0.2) is 25.7 Å². The molecule has 2 rings (SSSR count). The number of hydrogen-bond donors (Lipinski definition) is 0. The zero-order chi connectivity index (χ0) is 18.2. The quantitative estimate of drug-likeness (QED) is 0.697. The summed E-state index contributed by atoms with van der Waals surface area (Å²) in [4.78, 5) is 14.2. The van der Waals surface area contributed by atoms with Crippen molar-refractivity contribution in [2.45, 2.75) is 13.8 Å². The maximum Gasteiger partial charge on any atom is 0.264 e. The predicted molar refractivity (Wildman–Crippen MR) is 100.0 cm³/mol. The molecule has 0 unspecified atom stereocenters. The molecule has 0 radical (unpaired) electrons. The van der Waals surface area contributed by atoms with Gasteiger partial charge >= 0.3 is 0 Å². The summed E-state index contributed by atoms with van der Waals surface area (Å²) in [6.45, 7) is 4.59. The number of halogens is 1. The van der Waals surface area contributed by atoms with Crippen molar-refractivity contribution in [1.29, 1.82) is 5.26 Å². The second kappa shape index (κ2) is 9.09. The monoisotopic (exact) mass is 402 g/mol. The molecule has 5 nitrogen and oxygen atoms in total. The molecule has 2 aromatic rings. The summed E-state index contributed by atoms with van der Waals surface area (Å²) >= 11 is 3.38. The van der Waals surface area contributed by atoms with Crippen molar-refractivity contribution in [2.24, 2.45) is 0 Å². The van der Waals surface area contributed by atoms with Gasteiger partial charge in [0.05, 0.1) is 22.7 Å². The molecular formula is C19H19BrN2O3. The lowest BCUT2D eigenvalue weighted by Crippen LogP contribution is -2.34. The van der Waals surface area contributed by atoms with Gasteiger partial charge in [-0.15, -0.1) is 0 Å².